The van der Waals surface area contributed by atoms with Crippen molar-refractivity contribution >= 4 is 39.7 Å². The maximum absolute atomic E-state index is 12.9. The normalized spacial score (nSPS) is 15.3. The predicted octanol–water partition coefficient (Wildman–Crippen LogP) is 5.94. The third-order valence-corrected chi connectivity index (χ3v) is 8.62. The van der Waals surface area contributed by atoms with Gasteiger partial charge in [0.15, 0.2) is 6.21 Å². The van der Waals surface area contributed by atoms with Gasteiger partial charge < -0.3 is 25.3 Å². The Bertz CT molecular complexity index is 1710. The van der Waals surface area contributed by atoms with Crippen molar-refractivity contribution in [1.82, 2.24) is 4.90 Å². The summed E-state index contributed by atoms with van der Waals surface area (Å²) in [6, 6.07) is 16.3. The number of aromatic carboxylic acids is 2. The number of carbonyl (C=O) groups is 2. The van der Waals surface area contributed by atoms with E-state index in [2.05, 4.69) is 40.1 Å². The molecule has 2 saturated heterocycles. The summed E-state index contributed by atoms with van der Waals surface area (Å²) in [6.07, 6.45) is 19.0. The van der Waals surface area contributed by atoms with Gasteiger partial charge in [-0.25, -0.2) is 14.2 Å². The van der Waals surface area contributed by atoms with Crippen molar-refractivity contribution in [3.8, 4) is 11.5 Å². The number of carboxylic acids is 2. The second-order valence-corrected chi connectivity index (χ2v) is 11.8. The molecule has 46 heavy (non-hydrogen) atoms. The van der Waals surface area contributed by atoms with Crippen molar-refractivity contribution in [3.63, 3.8) is 0 Å². The van der Waals surface area contributed by atoms with Crippen LogP contribution < -0.4 is 10.2 Å². The molecule has 2 aliphatic heterocycles. The molecule has 4 aromatic rings. The van der Waals surface area contributed by atoms with Crippen LogP contribution >= 0.6 is 0 Å². The van der Waals surface area contributed by atoms with Gasteiger partial charge in [-0.1, -0.05) is 66.1 Å². The van der Waals surface area contributed by atoms with Gasteiger partial charge in [-0.2, -0.15) is 0 Å². The van der Waals surface area contributed by atoms with E-state index in [-0.39, 0.29) is 28.7 Å². The number of fused-ring (bicyclic) bond motifs is 2. The maximum Gasteiger partial charge on any atom is 0.335 e. The third kappa shape index (κ3) is 7.75. The first-order valence-electron chi connectivity index (χ1n) is 15.9. The van der Waals surface area contributed by atoms with E-state index in [4.69, 9.17) is 0 Å². The molecule has 0 bridgehead atoms. The lowest BCUT2D eigenvalue weighted by atomic mass is 9.90. The molecule has 238 valence electrons. The van der Waals surface area contributed by atoms with E-state index >= 15 is 0 Å². The fraction of sp³-hybridized carbons (Fsp3) is 0.289. The number of carboxylic acid groups (broad SMARTS) is 2. The zero-order chi connectivity index (χ0) is 32.5. The smallest absolute Gasteiger partial charge is 0.335 e. The van der Waals surface area contributed by atoms with Crippen molar-refractivity contribution in [2.75, 3.05) is 26.2 Å². The Hall–Kier alpha value is -5.11. The average molecular weight is 620 g/mol. The number of benzene rings is 4. The summed E-state index contributed by atoms with van der Waals surface area (Å²) in [4.78, 5) is 25.5. The van der Waals surface area contributed by atoms with Crippen LogP contribution in [0.25, 0.3) is 21.5 Å². The van der Waals surface area contributed by atoms with Crippen LogP contribution in [-0.4, -0.2) is 64.0 Å². The standard InChI is InChI=1S/C23H16O6.C15H25N2/c24-20-16(14-7-3-1-5-12(14)9-18(20)22(26)27)11-17-15-8-4-2-6-13(15)10-19(21(17)25)23(28)29;1-4-10-16(11-5-1)14-8-3-9-15-17-12-6-2-7-13-17/h1-10,24-25H,11H2,(H,26,27)(H,28,29);3,8-9,14-15H,1-2,4-7,10-13H2/q;+1/p-2. The number of hydrogen-bond donors (Lipinski definition) is 2. The monoisotopic (exact) mass is 619 g/mol. The molecule has 8 nitrogen and oxygen atoms in total. The molecule has 2 fully saturated rings. The highest BCUT2D eigenvalue weighted by Crippen LogP contribution is 2.37. The van der Waals surface area contributed by atoms with Crippen LogP contribution in [0, 0.1) is 0 Å². The number of hydrogen-bond acceptors (Lipinski definition) is 5. The van der Waals surface area contributed by atoms with Crippen LogP contribution in [0.1, 0.15) is 70.4 Å². The first-order valence-corrected chi connectivity index (χ1v) is 15.9. The zero-order valence-corrected chi connectivity index (χ0v) is 25.9. The molecule has 4 aromatic carbocycles. The third-order valence-electron chi connectivity index (χ3n) is 8.62. The number of piperidine rings is 2. The SMILES string of the molecule is C(/C=C/C=C/N1CCCCC1)=[N+]1CCCCC1.O=C(O)c1cc2ccccc2c(Cc2c([O-])c(C(=O)O)cc3ccccc23)c1[O-]. The Labute approximate surface area is 268 Å². The molecule has 2 aliphatic rings. The molecule has 2 heterocycles. The van der Waals surface area contributed by atoms with Gasteiger partial charge in [0.25, 0.3) is 0 Å². The summed E-state index contributed by atoms with van der Waals surface area (Å²) in [6.45, 7) is 4.95. The molecule has 0 radical (unpaired) electrons. The molecule has 2 N–H and O–H groups in total. The van der Waals surface area contributed by atoms with Crippen LogP contribution in [0.3, 0.4) is 0 Å². The Kier molecular flexibility index (Phi) is 10.7. The van der Waals surface area contributed by atoms with Crippen LogP contribution in [0.4, 0.5) is 0 Å². The van der Waals surface area contributed by atoms with E-state index in [1.807, 2.05) is 0 Å². The summed E-state index contributed by atoms with van der Waals surface area (Å²) in [5, 5.41) is 46.8. The van der Waals surface area contributed by atoms with Crippen molar-refractivity contribution in [2.24, 2.45) is 0 Å². The predicted molar refractivity (Wildman–Crippen MR) is 177 cm³/mol. The lowest BCUT2D eigenvalue weighted by Gasteiger charge is -2.24. The first kappa shape index (κ1) is 32.3. The number of likely N-dealkylation sites (tertiary alicyclic amines) is 1. The van der Waals surface area contributed by atoms with Gasteiger partial charge >= 0.3 is 11.9 Å². The van der Waals surface area contributed by atoms with E-state index < -0.39 is 23.4 Å². The number of allylic oxidation sites excluding steroid dienone is 3. The first-order chi connectivity index (χ1) is 22.3. The molecular weight excluding hydrogens is 580 g/mol. The summed E-state index contributed by atoms with van der Waals surface area (Å²) in [5.74, 6) is -4.07. The maximum atomic E-state index is 12.9. The summed E-state index contributed by atoms with van der Waals surface area (Å²) >= 11 is 0. The molecule has 0 unspecified atom stereocenters. The highest BCUT2D eigenvalue weighted by molar-refractivity contribution is 6.02. The molecule has 0 saturated carbocycles. The minimum atomic E-state index is -1.35. The molecule has 0 atom stereocenters. The van der Waals surface area contributed by atoms with Crippen molar-refractivity contribution in [3.05, 3.63) is 107 Å². The van der Waals surface area contributed by atoms with Gasteiger partial charge in [-0.15, -0.1) is 0 Å². The van der Waals surface area contributed by atoms with E-state index in [9.17, 15) is 30.0 Å². The Morgan fingerprint density at radius 2 is 1.20 bits per heavy atom. The summed E-state index contributed by atoms with van der Waals surface area (Å²) < 4.78 is 2.43. The fourth-order valence-corrected chi connectivity index (χ4v) is 6.19. The molecular formula is C38H39N2O6-. The molecule has 0 aromatic heterocycles. The van der Waals surface area contributed by atoms with Gasteiger partial charge in [0.1, 0.15) is 13.1 Å². The molecule has 0 amide bonds. The van der Waals surface area contributed by atoms with Gasteiger partial charge in [0, 0.05) is 32.0 Å². The van der Waals surface area contributed by atoms with Crippen molar-refractivity contribution < 1.29 is 34.6 Å². The average Bonchev–Trinajstić information content (AvgIpc) is 3.07. The molecule has 6 rings (SSSR count). The topological polar surface area (TPSA) is 127 Å². The minimum absolute atomic E-state index is 0.158. The van der Waals surface area contributed by atoms with Gasteiger partial charge in [-0.05, 0) is 89.2 Å². The summed E-state index contributed by atoms with van der Waals surface area (Å²) in [5.41, 5.74) is -0.453. The Morgan fingerprint density at radius 1 is 0.696 bits per heavy atom. The second kappa shape index (κ2) is 15.3. The van der Waals surface area contributed by atoms with E-state index in [0.29, 0.717) is 21.5 Å². The van der Waals surface area contributed by atoms with Gasteiger partial charge in [-0.3, -0.25) is 0 Å². The van der Waals surface area contributed by atoms with Gasteiger partial charge in [0.2, 0.25) is 0 Å². The largest absolute Gasteiger partial charge is 0.872 e. The molecule has 0 aliphatic carbocycles. The lowest BCUT2D eigenvalue weighted by molar-refractivity contribution is -0.532. The minimum Gasteiger partial charge on any atom is -0.872 e. The highest BCUT2D eigenvalue weighted by atomic mass is 16.4. The second-order valence-electron chi connectivity index (χ2n) is 11.8. The fourth-order valence-electron chi connectivity index (χ4n) is 6.19. The van der Waals surface area contributed by atoms with E-state index in [1.165, 1.54) is 76.8 Å². The number of rotatable bonds is 7. The van der Waals surface area contributed by atoms with E-state index in [1.54, 1.807) is 48.5 Å². The molecule has 8 heteroatoms. The van der Waals surface area contributed by atoms with Crippen LogP contribution in [0.5, 0.6) is 11.5 Å². The number of nitrogens with zero attached hydrogens (tertiary/aromatic N) is 2. The van der Waals surface area contributed by atoms with Gasteiger partial charge in [0.05, 0.1) is 11.1 Å². The van der Waals surface area contributed by atoms with Crippen LogP contribution in [0.2, 0.25) is 0 Å². The lowest BCUT2D eigenvalue weighted by Crippen LogP contribution is -2.23. The van der Waals surface area contributed by atoms with Crippen molar-refractivity contribution in [1.29, 1.82) is 0 Å². The van der Waals surface area contributed by atoms with Crippen LogP contribution in [-0.2, 0) is 6.42 Å². The van der Waals surface area contributed by atoms with E-state index in [0.717, 1.165) is 0 Å². The molecule has 0 spiro atoms. The van der Waals surface area contributed by atoms with Crippen LogP contribution in [0.15, 0.2) is 85.1 Å². The zero-order valence-electron chi connectivity index (χ0n) is 25.9. The highest BCUT2D eigenvalue weighted by Gasteiger charge is 2.17. The quantitative estimate of drug-likeness (QED) is 0.194. The summed E-state index contributed by atoms with van der Waals surface area (Å²) in [7, 11) is 0. The Morgan fingerprint density at radius 3 is 1.72 bits per heavy atom. The Balaban J connectivity index is 0.000000209. The van der Waals surface area contributed by atoms with Crippen molar-refractivity contribution in [2.45, 2.75) is 44.9 Å².